The Balaban J connectivity index is 1.51. The van der Waals surface area contributed by atoms with Crippen LogP contribution in [0.15, 0.2) is 4.52 Å². The quantitative estimate of drug-likeness (QED) is 0.839. The molecule has 1 aromatic heterocycles. The number of hydrogen-bond donors (Lipinski definition) is 1. The number of carbonyl (C=O) groups is 2. The van der Waals surface area contributed by atoms with Gasteiger partial charge in [-0.3, -0.25) is 4.79 Å². The number of nitrogens with one attached hydrogen (secondary N) is 1. The van der Waals surface area contributed by atoms with Crippen molar-refractivity contribution in [1.29, 1.82) is 0 Å². The summed E-state index contributed by atoms with van der Waals surface area (Å²) in [6, 6.07) is -0.506. The zero-order chi connectivity index (χ0) is 18.7. The summed E-state index contributed by atoms with van der Waals surface area (Å²) >= 11 is 0. The summed E-state index contributed by atoms with van der Waals surface area (Å²) in [5.41, 5.74) is -0.0672. The second-order valence-electron chi connectivity index (χ2n) is 7.13. The van der Waals surface area contributed by atoms with Crippen molar-refractivity contribution in [2.24, 2.45) is 0 Å². The molecule has 2 aliphatic rings. The first-order chi connectivity index (χ1) is 12.4. The van der Waals surface area contributed by atoms with E-state index in [1.807, 2.05) is 18.9 Å². The number of ether oxygens (including phenoxy) is 1. The van der Waals surface area contributed by atoms with Gasteiger partial charge in [-0.1, -0.05) is 5.16 Å². The molecule has 3 amide bonds. The van der Waals surface area contributed by atoms with Crippen LogP contribution in [0.5, 0.6) is 0 Å². The summed E-state index contributed by atoms with van der Waals surface area (Å²) in [6.07, 6.45) is 3.71. The highest BCUT2D eigenvalue weighted by Crippen LogP contribution is 2.37. The second-order valence-corrected chi connectivity index (χ2v) is 7.13. The molecule has 0 saturated carbocycles. The summed E-state index contributed by atoms with van der Waals surface area (Å²) in [5.74, 6) is 1.16. The number of methoxy groups -OCH3 is 1. The lowest BCUT2D eigenvalue weighted by molar-refractivity contribution is -0.130. The van der Waals surface area contributed by atoms with E-state index in [9.17, 15) is 9.59 Å². The van der Waals surface area contributed by atoms with Gasteiger partial charge in [-0.15, -0.1) is 0 Å². The normalized spacial score (nSPS) is 20.7. The zero-order valence-electron chi connectivity index (χ0n) is 15.7. The van der Waals surface area contributed by atoms with Gasteiger partial charge in [-0.2, -0.15) is 4.98 Å². The number of amides is 3. The van der Waals surface area contributed by atoms with Crippen LogP contribution in [-0.4, -0.2) is 71.3 Å². The fourth-order valence-corrected chi connectivity index (χ4v) is 3.73. The van der Waals surface area contributed by atoms with Crippen molar-refractivity contribution in [3.63, 3.8) is 0 Å². The van der Waals surface area contributed by atoms with Crippen LogP contribution in [0.3, 0.4) is 0 Å². The number of hydrogen-bond acceptors (Lipinski definition) is 6. The number of piperidine rings is 1. The van der Waals surface area contributed by atoms with E-state index in [4.69, 9.17) is 9.26 Å². The molecule has 1 unspecified atom stereocenters. The molecule has 1 N–H and O–H groups in total. The van der Waals surface area contributed by atoms with Crippen LogP contribution in [-0.2, 0) is 16.0 Å². The van der Waals surface area contributed by atoms with Gasteiger partial charge in [0.2, 0.25) is 11.8 Å². The van der Waals surface area contributed by atoms with Gasteiger partial charge >= 0.3 is 6.03 Å². The predicted octanol–water partition coefficient (Wildman–Crippen LogP) is 1.12. The number of rotatable bonds is 5. The van der Waals surface area contributed by atoms with Gasteiger partial charge in [0.1, 0.15) is 6.04 Å². The molecule has 0 aliphatic carbocycles. The van der Waals surface area contributed by atoms with E-state index in [0.717, 1.165) is 19.3 Å². The highest BCUT2D eigenvalue weighted by Gasteiger charge is 2.45. The third-order valence-electron chi connectivity index (χ3n) is 5.60. The second kappa shape index (κ2) is 7.61. The lowest BCUT2D eigenvalue weighted by atomic mass is 9.85. The van der Waals surface area contributed by atoms with E-state index in [0.29, 0.717) is 44.3 Å². The van der Waals surface area contributed by atoms with E-state index in [1.54, 1.807) is 12.0 Å². The maximum absolute atomic E-state index is 12.5. The van der Waals surface area contributed by atoms with E-state index >= 15 is 0 Å². The maximum atomic E-state index is 12.5. The number of likely N-dealkylation sites (tertiary alicyclic amines) is 2. The van der Waals surface area contributed by atoms with Gasteiger partial charge in [0.15, 0.2) is 5.82 Å². The van der Waals surface area contributed by atoms with Crippen LogP contribution in [0.1, 0.15) is 50.4 Å². The number of aromatic nitrogens is 2. The standard InChI is InChI=1S/C17H27N5O4/c1-12(15-19-13(20-26-15)5-11-25-3)18-16(24)22-9-7-17(8-10-22)6-4-14(23)21(17)2/h12H,4-11H2,1-3H3,(H,18,24). The van der Waals surface area contributed by atoms with Crippen LogP contribution < -0.4 is 5.32 Å². The minimum Gasteiger partial charge on any atom is -0.384 e. The molecule has 2 fully saturated rings. The van der Waals surface area contributed by atoms with Crippen LogP contribution in [0, 0.1) is 0 Å². The zero-order valence-corrected chi connectivity index (χ0v) is 15.7. The van der Waals surface area contributed by atoms with Gasteiger partial charge in [-0.25, -0.2) is 4.79 Å². The Kier molecular flexibility index (Phi) is 5.45. The molecule has 0 radical (unpaired) electrons. The van der Waals surface area contributed by atoms with E-state index < -0.39 is 0 Å². The Labute approximate surface area is 153 Å². The molecule has 3 rings (SSSR count). The number of urea groups is 1. The number of carbonyl (C=O) groups excluding carboxylic acids is 2. The Morgan fingerprint density at radius 1 is 1.38 bits per heavy atom. The molecule has 1 atom stereocenters. The van der Waals surface area contributed by atoms with Crippen molar-refractivity contribution in [3.05, 3.63) is 11.7 Å². The lowest BCUT2D eigenvalue weighted by Gasteiger charge is -2.43. The van der Waals surface area contributed by atoms with Crippen molar-refractivity contribution in [2.75, 3.05) is 33.9 Å². The van der Waals surface area contributed by atoms with Gasteiger partial charge < -0.3 is 24.4 Å². The Bertz CT molecular complexity index is 653. The maximum Gasteiger partial charge on any atom is 0.318 e. The molecular weight excluding hydrogens is 338 g/mol. The third kappa shape index (κ3) is 3.67. The monoisotopic (exact) mass is 365 g/mol. The Hall–Kier alpha value is -2.16. The van der Waals surface area contributed by atoms with E-state index in [-0.39, 0.29) is 23.5 Å². The fraction of sp³-hybridized carbons (Fsp3) is 0.765. The molecule has 3 heterocycles. The third-order valence-corrected chi connectivity index (χ3v) is 5.60. The molecule has 0 bridgehead atoms. The van der Waals surface area contributed by atoms with Crippen LogP contribution in [0.25, 0.3) is 0 Å². The summed E-state index contributed by atoms with van der Waals surface area (Å²) in [5, 5.41) is 6.80. The minimum absolute atomic E-state index is 0.0672. The van der Waals surface area contributed by atoms with Gasteiger partial charge in [0.05, 0.1) is 6.61 Å². The van der Waals surface area contributed by atoms with Crippen LogP contribution >= 0.6 is 0 Å². The first-order valence-corrected chi connectivity index (χ1v) is 9.09. The van der Waals surface area contributed by atoms with E-state index in [1.165, 1.54) is 0 Å². The first-order valence-electron chi connectivity index (χ1n) is 9.09. The summed E-state index contributed by atoms with van der Waals surface area (Å²) in [4.78, 5) is 32.3. The molecule has 2 saturated heterocycles. The average molecular weight is 365 g/mol. The van der Waals surface area contributed by atoms with E-state index in [2.05, 4.69) is 15.5 Å². The summed E-state index contributed by atoms with van der Waals surface area (Å²) < 4.78 is 10.2. The van der Waals surface area contributed by atoms with Crippen molar-refractivity contribution in [3.8, 4) is 0 Å². The SMILES string of the molecule is COCCc1noc(C(C)NC(=O)N2CCC3(CCC(=O)N3C)CC2)n1. The highest BCUT2D eigenvalue weighted by atomic mass is 16.5. The largest absolute Gasteiger partial charge is 0.384 e. The highest BCUT2D eigenvalue weighted by molar-refractivity contribution is 5.79. The van der Waals surface area contributed by atoms with Gasteiger partial charge in [0, 0.05) is 45.6 Å². The smallest absolute Gasteiger partial charge is 0.318 e. The molecule has 26 heavy (non-hydrogen) atoms. The Morgan fingerprint density at radius 3 is 2.73 bits per heavy atom. The molecule has 144 valence electrons. The number of nitrogens with zero attached hydrogens (tertiary/aromatic N) is 4. The Morgan fingerprint density at radius 2 is 2.12 bits per heavy atom. The van der Waals surface area contributed by atoms with Crippen molar-refractivity contribution >= 4 is 11.9 Å². The van der Waals surface area contributed by atoms with Crippen molar-refractivity contribution in [1.82, 2.24) is 25.3 Å². The summed E-state index contributed by atoms with van der Waals surface area (Å²) in [7, 11) is 3.50. The lowest BCUT2D eigenvalue weighted by Crippen LogP contribution is -2.54. The van der Waals surface area contributed by atoms with Gasteiger partial charge in [-0.05, 0) is 26.2 Å². The molecule has 1 aromatic rings. The van der Waals surface area contributed by atoms with Crippen molar-refractivity contribution in [2.45, 2.75) is 50.6 Å². The van der Waals surface area contributed by atoms with Crippen LogP contribution in [0.2, 0.25) is 0 Å². The molecule has 2 aliphatic heterocycles. The molecule has 1 spiro atoms. The van der Waals surface area contributed by atoms with Crippen molar-refractivity contribution < 1.29 is 18.8 Å². The molecule has 9 heteroatoms. The topological polar surface area (TPSA) is 101 Å². The predicted molar refractivity (Wildman–Crippen MR) is 92.4 cm³/mol. The fourth-order valence-electron chi connectivity index (χ4n) is 3.73. The molecule has 0 aromatic carbocycles. The molecule has 9 nitrogen and oxygen atoms in total. The molecular formula is C17H27N5O4. The van der Waals surface area contributed by atoms with Crippen LogP contribution in [0.4, 0.5) is 4.79 Å². The summed E-state index contributed by atoms with van der Waals surface area (Å²) in [6.45, 7) is 3.62. The minimum atomic E-state index is -0.363. The first kappa shape index (κ1) is 18.6. The average Bonchev–Trinajstić information content (AvgIpc) is 3.22. The van der Waals surface area contributed by atoms with Gasteiger partial charge in [0.25, 0.3) is 0 Å².